The molecule has 1 unspecified atom stereocenters. The Kier molecular flexibility index (Phi) is 4.51. The van der Waals surface area contributed by atoms with Gasteiger partial charge in [-0.3, -0.25) is 9.98 Å². The van der Waals surface area contributed by atoms with Crippen LogP contribution in [0.4, 0.5) is 0 Å². The fourth-order valence-electron chi connectivity index (χ4n) is 2.06. The van der Waals surface area contributed by atoms with E-state index in [2.05, 4.69) is 30.7 Å². The monoisotopic (exact) mass is 332 g/mol. The fourth-order valence-corrected chi connectivity index (χ4v) is 2.82. The van der Waals surface area contributed by atoms with E-state index >= 15 is 0 Å². The second-order valence-corrected chi connectivity index (χ2v) is 6.00. The molecule has 3 heterocycles. The molecule has 0 radical (unpaired) electrons. The molecule has 1 aliphatic heterocycles. The molecular weight excluding hydrogens is 316 g/mol. The van der Waals surface area contributed by atoms with Crippen molar-refractivity contribution in [3.63, 3.8) is 0 Å². The van der Waals surface area contributed by atoms with Crippen LogP contribution < -0.4 is 5.73 Å². The van der Waals surface area contributed by atoms with Crippen LogP contribution in [0.1, 0.15) is 17.1 Å². The van der Waals surface area contributed by atoms with Gasteiger partial charge in [0, 0.05) is 19.0 Å². The molecule has 1 atom stereocenters. The maximum atomic E-state index is 5.65. The maximum absolute atomic E-state index is 5.65. The summed E-state index contributed by atoms with van der Waals surface area (Å²) in [5.74, 6) is 1.28. The summed E-state index contributed by atoms with van der Waals surface area (Å²) < 4.78 is 1.53. The van der Waals surface area contributed by atoms with Gasteiger partial charge in [-0.25, -0.2) is 4.68 Å². The van der Waals surface area contributed by atoms with E-state index in [0.29, 0.717) is 29.0 Å². The maximum Gasteiger partial charge on any atom is 0.206 e. The Morgan fingerprint density at radius 1 is 1.57 bits per heavy atom. The second-order valence-electron chi connectivity index (χ2n) is 4.96. The van der Waals surface area contributed by atoms with Crippen LogP contribution in [0.5, 0.6) is 0 Å². The number of rotatable bonds is 5. The molecule has 0 fully saturated rings. The van der Waals surface area contributed by atoms with Gasteiger partial charge in [0.2, 0.25) is 5.82 Å². The van der Waals surface area contributed by atoms with Gasteiger partial charge in [0.05, 0.1) is 11.7 Å². The van der Waals surface area contributed by atoms with Crippen LogP contribution in [-0.2, 0) is 11.9 Å². The van der Waals surface area contributed by atoms with Crippen LogP contribution in [0.25, 0.3) is 0 Å². The molecule has 3 rings (SSSR count). The summed E-state index contributed by atoms with van der Waals surface area (Å²) in [4.78, 5) is 14.1. The van der Waals surface area contributed by atoms with Crippen molar-refractivity contribution in [2.24, 2.45) is 22.9 Å². The van der Waals surface area contributed by atoms with E-state index in [0.717, 1.165) is 11.3 Å². The van der Waals surface area contributed by atoms with Gasteiger partial charge >= 0.3 is 0 Å². The molecule has 23 heavy (non-hydrogen) atoms. The minimum Gasteiger partial charge on any atom is -0.393 e. The number of pyridine rings is 1. The van der Waals surface area contributed by atoms with Crippen LogP contribution in [-0.4, -0.2) is 54.5 Å². The first-order valence-corrected chi connectivity index (χ1v) is 7.94. The molecule has 0 aromatic carbocycles. The van der Waals surface area contributed by atoms with Crippen molar-refractivity contribution < 1.29 is 4.84 Å². The van der Waals surface area contributed by atoms with Crippen molar-refractivity contribution >= 4 is 22.6 Å². The molecule has 0 saturated carbocycles. The van der Waals surface area contributed by atoms with E-state index in [9.17, 15) is 0 Å². The number of nitrogens with two attached hydrogens (primary N) is 1. The summed E-state index contributed by atoms with van der Waals surface area (Å²) in [6.07, 6.45) is 1.69. The lowest BCUT2D eigenvalue weighted by atomic mass is 10.1. The Balaban J connectivity index is 1.85. The number of hydrogen-bond acceptors (Lipinski definition) is 9. The molecular formula is C13H16N8OS. The SMILES string of the molecule is Cc1cccnc1/C(=N\OCC1CSC(N)=N1)c1nnnn1C. The number of thioether (sulfide) groups is 1. The summed E-state index contributed by atoms with van der Waals surface area (Å²) in [6.45, 7) is 2.29. The molecule has 0 aliphatic carbocycles. The predicted octanol–water partition coefficient (Wildman–Crippen LogP) is 0.113. The summed E-state index contributed by atoms with van der Waals surface area (Å²) in [5, 5.41) is 16.3. The summed E-state index contributed by atoms with van der Waals surface area (Å²) >= 11 is 1.51. The van der Waals surface area contributed by atoms with Crippen molar-refractivity contribution in [3.05, 3.63) is 35.4 Å². The second kappa shape index (κ2) is 6.73. The quantitative estimate of drug-likeness (QED) is 0.610. The minimum absolute atomic E-state index is 0.00690. The zero-order chi connectivity index (χ0) is 16.2. The fraction of sp³-hybridized carbons (Fsp3) is 0.385. The van der Waals surface area contributed by atoms with Gasteiger partial charge in [0.1, 0.15) is 6.61 Å². The topological polar surface area (TPSA) is 116 Å². The van der Waals surface area contributed by atoms with E-state index in [1.54, 1.807) is 13.2 Å². The summed E-state index contributed by atoms with van der Waals surface area (Å²) in [5.41, 5.74) is 7.76. The third-order valence-electron chi connectivity index (χ3n) is 3.22. The zero-order valence-electron chi connectivity index (χ0n) is 12.7. The molecule has 2 N–H and O–H groups in total. The number of aromatic nitrogens is 5. The molecule has 1 aliphatic rings. The third kappa shape index (κ3) is 3.47. The Morgan fingerprint density at radius 3 is 3.09 bits per heavy atom. The highest BCUT2D eigenvalue weighted by atomic mass is 32.2. The Labute approximate surface area is 137 Å². The van der Waals surface area contributed by atoms with Crippen LogP contribution in [0.15, 0.2) is 28.5 Å². The Bertz CT molecular complexity index is 756. The lowest BCUT2D eigenvalue weighted by Gasteiger charge is -2.08. The van der Waals surface area contributed by atoms with E-state index in [4.69, 9.17) is 10.6 Å². The smallest absolute Gasteiger partial charge is 0.206 e. The highest BCUT2D eigenvalue weighted by Gasteiger charge is 2.20. The first-order valence-electron chi connectivity index (χ1n) is 6.96. The molecule has 2 aromatic rings. The number of aryl methyl sites for hydroxylation is 2. The van der Waals surface area contributed by atoms with Gasteiger partial charge in [-0.1, -0.05) is 23.0 Å². The minimum atomic E-state index is 0.00690. The molecule has 120 valence electrons. The van der Waals surface area contributed by atoms with Crippen LogP contribution in [0, 0.1) is 6.92 Å². The van der Waals surface area contributed by atoms with Crippen molar-refractivity contribution in [2.75, 3.05) is 12.4 Å². The largest absolute Gasteiger partial charge is 0.393 e. The van der Waals surface area contributed by atoms with Crippen molar-refractivity contribution in [2.45, 2.75) is 13.0 Å². The highest BCUT2D eigenvalue weighted by molar-refractivity contribution is 8.14. The van der Waals surface area contributed by atoms with E-state index in [-0.39, 0.29) is 6.04 Å². The van der Waals surface area contributed by atoms with Gasteiger partial charge in [0.25, 0.3) is 0 Å². The molecule has 10 heteroatoms. The van der Waals surface area contributed by atoms with Crippen LogP contribution in [0.2, 0.25) is 0 Å². The number of amidine groups is 1. The van der Waals surface area contributed by atoms with Crippen molar-refractivity contribution in [1.29, 1.82) is 0 Å². The van der Waals surface area contributed by atoms with Crippen molar-refractivity contribution in [3.8, 4) is 0 Å². The zero-order valence-corrected chi connectivity index (χ0v) is 13.6. The van der Waals surface area contributed by atoms with Crippen molar-refractivity contribution in [1.82, 2.24) is 25.2 Å². The number of nitrogens with zero attached hydrogens (tertiary/aromatic N) is 7. The van der Waals surface area contributed by atoms with E-state index in [1.807, 2.05) is 19.1 Å². The average molecular weight is 332 g/mol. The molecule has 0 saturated heterocycles. The van der Waals surface area contributed by atoms with Gasteiger partial charge in [-0.2, -0.15) is 0 Å². The molecule has 0 amide bonds. The Morgan fingerprint density at radius 2 is 2.43 bits per heavy atom. The normalized spacial score (nSPS) is 18.1. The van der Waals surface area contributed by atoms with Crippen LogP contribution >= 0.6 is 11.8 Å². The van der Waals surface area contributed by atoms with Gasteiger partial charge in [-0.05, 0) is 29.0 Å². The summed E-state index contributed by atoms with van der Waals surface area (Å²) in [6, 6.07) is 3.81. The lowest BCUT2D eigenvalue weighted by Crippen LogP contribution is -2.17. The first-order chi connectivity index (χ1) is 11.1. The lowest BCUT2D eigenvalue weighted by molar-refractivity contribution is 0.136. The number of oxime groups is 1. The Hall–Kier alpha value is -2.49. The first kappa shape index (κ1) is 15.4. The van der Waals surface area contributed by atoms with E-state index in [1.165, 1.54) is 16.4 Å². The predicted molar refractivity (Wildman–Crippen MR) is 87.2 cm³/mol. The summed E-state index contributed by atoms with van der Waals surface area (Å²) in [7, 11) is 1.74. The standard InChI is InChI=1S/C13H16N8OS/c1-8-4-3-5-15-10(8)11(12-17-19-20-21(12)2)18-22-6-9-7-23-13(14)16-9/h3-5,9H,6-7H2,1-2H3,(H2,14,16)/b18-11+. The molecule has 0 spiro atoms. The average Bonchev–Trinajstić information content (AvgIpc) is 3.13. The van der Waals surface area contributed by atoms with E-state index < -0.39 is 0 Å². The molecule has 0 bridgehead atoms. The number of hydrogen-bond donors (Lipinski definition) is 1. The molecule has 2 aromatic heterocycles. The molecule has 9 nitrogen and oxygen atoms in total. The highest BCUT2D eigenvalue weighted by Crippen LogP contribution is 2.16. The third-order valence-corrected chi connectivity index (χ3v) is 4.17. The van der Waals surface area contributed by atoms with Gasteiger partial charge < -0.3 is 10.6 Å². The van der Waals surface area contributed by atoms with Gasteiger partial charge in [-0.15, -0.1) is 5.10 Å². The van der Waals surface area contributed by atoms with Gasteiger partial charge in [0.15, 0.2) is 10.9 Å². The van der Waals surface area contributed by atoms with Crippen LogP contribution in [0.3, 0.4) is 0 Å². The number of aliphatic imine (C=N–C) groups is 1. The number of tetrazole rings is 1.